The zero-order valence-corrected chi connectivity index (χ0v) is 4.34. The number of hydrogen-bond acceptors (Lipinski definition) is 0. The van der Waals surface area contributed by atoms with Crippen LogP contribution in [0.5, 0.6) is 0 Å². The van der Waals surface area contributed by atoms with Gasteiger partial charge in [0, 0.05) is 5.88 Å². The summed E-state index contributed by atoms with van der Waals surface area (Å²) in [6.45, 7) is 4.01. The van der Waals surface area contributed by atoms with Crippen LogP contribution in [0.1, 0.15) is 13.8 Å². The molecule has 37 valence electrons. The molecular formula is C4H11AlCl. The lowest BCUT2D eigenvalue weighted by Crippen LogP contribution is -1.79. The molecule has 0 atom stereocenters. The van der Waals surface area contributed by atoms with Gasteiger partial charge in [0.1, 0.15) is 0 Å². The minimum atomic E-state index is 0. The highest BCUT2D eigenvalue weighted by Gasteiger charge is 1.83. The smallest absolute Gasteiger partial charge is 0.126 e. The van der Waals surface area contributed by atoms with Crippen molar-refractivity contribution in [3.63, 3.8) is 0 Å². The Morgan fingerprint density at radius 3 is 1.67 bits per heavy atom. The molecule has 0 saturated heterocycles. The van der Waals surface area contributed by atoms with E-state index in [0.29, 0.717) is 5.88 Å². The van der Waals surface area contributed by atoms with Crippen molar-refractivity contribution < 1.29 is 0 Å². The Bertz CT molecular complexity index is 21.5. The van der Waals surface area contributed by atoms with Gasteiger partial charge in [-0.15, -0.1) is 11.6 Å². The van der Waals surface area contributed by atoms with Gasteiger partial charge in [-0.25, -0.2) is 0 Å². The molecular weight excluding hydrogens is 110 g/mol. The monoisotopic (exact) mass is 121 g/mol. The molecule has 0 heterocycles. The van der Waals surface area contributed by atoms with Gasteiger partial charge < -0.3 is 0 Å². The third-order valence-electron chi connectivity index (χ3n) is 0.267. The van der Waals surface area contributed by atoms with Crippen LogP contribution in [0.3, 0.4) is 0 Å². The van der Waals surface area contributed by atoms with E-state index in [2.05, 4.69) is 0 Å². The summed E-state index contributed by atoms with van der Waals surface area (Å²) in [5.74, 6) is 1.96. The van der Waals surface area contributed by atoms with E-state index in [1.807, 2.05) is 13.8 Å². The lowest BCUT2D eigenvalue weighted by Gasteiger charge is -1.87. The second-order valence-corrected chi connectivity index (χ2v) is 1.61. The van der Waals surface area contributed by atoms with Crippen molar-refractivity contribution >= 4 is 29.0 Å². The topological polar surface area (TPSA) is 0 Å². The van der Waals surface area contributed by atoms with E-state index in [-0.39, 0.29) is 17.4 Å². The minimum absolute atomic E-state index is 0. The average molecular weight is 122 g/mol. The molecule has 0 aliphatic carbocycles. The number of alkyl halides is 1. The van der Waals surface area contributed by atoms with Crippen molar-refractivity contribution in [3.8, 4) is 0 Å². The molecule has 0 aromatic carbocycles. The van der Waals surface area contributed by atoms with E-state index in [1.54, 1.807) is 0 Å². The first-order valence-corrected chi connectivity index (χ1v) is 2.16. The molecule has 0 aliphatic rings. The van der Waals surface area contributed by atoms with Gasteiger partial charge in [0.2, 0.25) is 0 Å². The fourth-order valence-corrected chi connectivity index (χ4v) is 0. The Hall–Kier alpha value is 0.822. The fourth-order valence-electron chi connectivity index (χ4n) is 0. The quantitative estimate of drug-likeness (QED) is 0.353. The molecule has 0 nitrogen and oxygen atoms in total. The van der Waals surface area contributed by atoms with Crippen LogP contribution in [0.15, 0.2) is 0 Å². The third kappa shape index (κ3) is 8.85. The van der Waals surface area contributed by atoms with Crippen LogP contribution in [-0.4, -0.2) is 23.2 Å². The first kappa shape index (κ1) is 9.95. The van der Waals surface area contributed by atoms with Gasteiger partial charge in [-0.05, 0) is 5.92 Å². The zero-order chi connectivity index (χ0) is 4.28. The van der Waals surface area contributed by atoms with Crippen LogP contribution in [0.4, 0.5) is 0 Å². The molecule has 0 fully saturated rings. The largest absolute Gasteiger partial charge is 0.187 e. The number of rotatable bonds is 1. The van der Waals surface area contributed by atoms with Crippen molar-refractivity contribution in [1.29, 1.82) is 0 Å². The summed E-state index contributed by atoms with van der Waals surface area (Å²) in [4.78, 5) is 0. The van der Waals surface area contributed by atoms with E-state index in [0.717, 1.165) is 0 Å². The van der Waals surface area contributed by atoms with Gasteiger partial charge in [0.05, 0.1) is 0 Å². The van der Waals surface area contributed by atoms with Gasteiger partial charge in [0.25, 0.3) is 0 Å². The van der Waals surface area contributed by atoms with Crippen LogP contribution >= 0.6 is 11.6 Å². The van der Waals surface area contributed by atoms with E-state index < -0.39 is 0 Å². The van der Waals surface area contributed by atoms with Gasteiger partial charge in [-0.3, -0.25) is 0 Å². The summed E-state index contributed by atoms with van der Waals surface area (Å²) in [7, 11) is 0. The Balaban J connectivity index is 0. The Labute approximate surface area is 55.0 Å². The maximum Gasteiger partial charge on any atom is 0.187 e. The second kappa shape index (κ2) is 5.82. The molecule has 0 unspecified atom stereocenters. The summed E-state index contributed by atoms with van der Waals surface area (Å²) in [5, 5.41) is 0. The van der Waals surface area contributed by atoms with E-state index in [4.69, 9.17) is 11.6 Å². The minimum Gasteiger partial charge on any atom is -0.126 e. The molecule has 6 heavy (non-hydrogen) atoms. The molecule has 0 aromatic rings. The molecule has 0 spiro atoms. The highest BCUT2D eigenvalue weighted by Crippen LogP contribution is 1.94. The van der Waals surface area contributed by atoms with Gasteiger partial charge in [-0.2, -0.15) is 0 Å². The van der Waals surface area contributed by atoms with Crippen molar-refractivity contribution in [3.05, 3.63) is 5.92 Å². The van der Waals surface area contributed by atoms with Crippen LogP contribution < -0.4 is 0 Å². The summed E-state index contributed by atoms with van der Waals surface area (Å²) in [5.41, 5.74) is 0. The predicted octanol–water partition coefficient (Wildman–Crippen LogP) is 0.656. The maximum absolute atomic E-state index is 5.30. The zero-order valence-electron chi connectivity index (χ0n) is 3.59. The molecule has 0 aromatic heterocycles. The summed E-state index contributed by atoms with van der Waals surface area (Å²) >= 11 is 5.30. The molecule has 1 radical (unpaired) electrons. The first-order chi connectivity index (χ1) is 2.27. The van der Waals surface area contributed by atoms with Gasteiger partial charge in [0.15, 0.2) is 17.4 Å². The van der Waals surface area contributed by atoms with Crippen LogP contribution in [0.2, 0.25) is 0 Å². The molecule has 2 heteroatoms. The van der Waals surface area contributed by atoms with Gasteiger partial charge in [-0.1, -0.05) is 13.8 Å². The van der Waals surface area contributed by atoms with Crippen molar-refractivity contribution in [2.24, 2.45) is 0 Å². The second-order valence-electron chi connectivity index (χ2n) is 1.34. The molecule has 0 aliphatic heterocycles. The molecule has 0 bridgehead atoms. The van der Waals surface area contributed by atoms with Crippen LogP contribution in [-0.2, 0) is 0 Å². The van der Waals surface area contributed by atoms with E-state index in [1.165, 1.54) is 5.92 Å². The van der Waals surface area contributed by atoms with Gasteiger partial charge >= 0.3 is 0 Å². The average Bonchev–Trinajstić information content (AvgIpc) is 1.38. The molecule has 0 rings (SSSR count). The van der Waals surface area contributed by atoms with Crippen molar-refractivity contribution in [2.45, 2.75) is 13.8 Å². The first-order valence-electron chi connectivity index (χ1n) is 1.62. The predicted molar refractivity (Wildman–Crippen MR) is 35.2 cm³/mol. The Morgan fingerprint density at radius 2 is 1.67 bits per heavy atom. The van der Waals surface area contributed by atoms with Crippen LogP contribution in [0, 0.1) is 5.92 Å². The highest BCUT2D eigenvalue weighted by atomic mass is 35.5. The highest BCUT2D eigenvalue weighted by molar-refractivity contribution is 6.19. The SMILES string of the molecule is C[C](C)CCl.[AlH3]. The summed E-state index contributed by atoms with van der Waals surface area (Å²) in [6.07, 6.45) is 0. The van der Waals surface area contributed by atoms with Crippen molar-refractivity contribution in [2.75, 3.05) is 5.88 Å². The molecule has 0 amide bonds. The normalized spacial score (nSPS) is 8.00. The maximum atomic E-state index is 5.30. The summed E-state index contributed by atoms with van der Waals surface area (Å²) < 4.78 is 0. The van der Waals surface area contributed by atoms with Crippen molar-refractivity contribution in [1.82, 2.24) is 0 Å². The lowest BCUT2D eigenvalue weighted by atomic mass is 10.3. The molecule has 0 N–H and O–H groups in total. The van der Waals surface area contributed by atoms with Crippen LogP contribution in [0.25, 0.3) is 0 Å². The van der Waals surface area contributed by atoms with E-state index in [9.17, 15) is 0 Å². The van der Waals surface area contributed by atoms with E-state index >= 15 is 0 Å². The summed E-state index contributed by atoms with van der Waals surface area (Å²) in [6, 6.07) is 0. The fraction of sp³-hybridized carbons (Fsp3) is 0.750. The molecule has 0 saturated carbocycles. The number of hydrogen-bond donors (Lipinski definition) is 0. The lowest BCUT2D eigenvalue weighted by molar-refractivity contribution is 1.11. The third-order valence-corrected chi connectivity index (χ3v) is 0.802. The Morgan fingerprint density at radius 1 is 1.50 bits per heavy atom. The standard InChI is InChI=1S/C4H8Cl.Al.3H/c1-4(2)3-5;;;;/h3H2,1-2H3;;;;. The Kier molecular flexibility index (Phi) is 9.65. The number of halogens is 1.